The molecule has 0 saturated carbocycles. The van der Waals surface area contributed by atoms with Crippen LogP contribution in [0.15, 0.2) is 27.9 Å². The molecular formula is C14H20N2O4. The average Bonchev–Trinajstić information content (AvgIpc) is 2.82. The second-order valence-electron chi connectivity index (χ2n) is 5.36. The van der Waals surface area contributed by atoms with Crippen LogP contribution in [0.5, 0.6) is 0 Å². The quantitative estimate of drug-likeness (QED) is 0.816. The number of aromatic amines is 1. The fourth-order valence-corrected chi connectivity index (χ4v) is 1.94. The van der Waals surface area contributed by atoms with Crippen LogP contribution in [0.2, 0.25) is 0 Å². The van der Waals surface area contributed by atoms with Crippen molar-refractivity contribution in [1.82, 2.24) is 9.55 Å². The zero-order valence-corrected chi connectivity index (χ0v) is 12.0. The third kappa shape index (κ3) is 3.46. The Morgan fingerprint density at radius 2 is 2.15 bits per heavy atom. The topological polar surface area (TPSA) is 73.3 Å². The van der Waals surface area contributed by atoms with E-state index in [4.69, 9.17) is 9.47 Å². The second kappa shape index (κ2) is 6.19. The van der Waals surface area contributed by atoms with Crippen LogP contribution in [-0.2, 0) is 9.47 Å². The molecule has 1 aromatic heterocycles. The van der Waals surface area contributed by atoms with E-state index in [1.54, 1.807) is 13.0 Å². The van der Waals surface area contributed by atoms with Crippen LogP contribution in [0.3, 0.4) is 0 Å². The molecule has 0 spiro atoms. The Labute approximate surface area is 117 Å². The van der Waals surface area contributed by atoms with Crippen molar-refractivity contribution in [2.45, 2.75) is 33.1 Å². The lowest BCUT2D eigenvalue weighted by Gasteiger charge is -2.17. The van der Waals surface area contributed by atoms with Crippen LogP contribution in [-0.4, -0.2) is 28.9 Å². The van der Waals surface area contributed by atoms with E-state index < -0.39 is 11.9 Å². The molecule has 0 aliphatic carbocycles. The summed E-state index contributed by atoms with van der Waals surface area (Å²) in [4.78, 5) is 25.3. The summed E-state index contributed by atoms with van der Waals surface area (Å²) in [6.07, 6.45) is 4.51. The Balaban J connectivity index is 2.00. The summed E-state index contributed by atoms with van der Waals surface area (Å²) in [6, 6.07) is 0. The van der Waals surface area contributed by atoms with E-state index in [0.29, 0.717) is 24.7 Å². The van der Waals surface area contributed by atoms with Crippen LogP contribution < -0.4 is 11.2 Å². The van der Waals surface area contributed by atoms with Crippen molar-refractivity contribution in [3.63, 3.8) is 0 Å². The average molecular weight is 280 g/mol. The van der Waals surface area contributed by atoms with Crippen molar-refractivity contribution < 1.29 is 9.47 Å². The monoisotopic (exact) mass is 280 g/mol. The van der Waals surface area contributed by atoms with Crippen LogP contribution in [0.25, 0.3) is 0 Å². The number of hydrogen-bond acceptors (Lipinski definition) is 4. The van der Waals surface area contributed by atoms with E-state index in [1.807, 2.05) is 6.08 Å². The molecule has 0 bridgehead atoms. The second-order valence-corrected chi connectivity index (χ2v) is 5.36. The van der Waals surface area contributed by atoms with Gasteiger partial charge in [0, 0.05) is 18.4 Å². The summed E-state index contributed by atoms with van der Waals surface area (Å²) in [7, 11) is 0. The first-order chi connectivity index (χ1) is 9.47. The van der Waals surface area contributed by atoms with E-state index in [9.17, 15) is 9.59 Å². The maximum Gasteiger partial charge on any atom is 0.330 e. The van der Waals surface area contributed by atoms with Gasteiger partial charge in [-0.15, -0.1) is 0 Å². The molecule has 110 valence electrons. The Morgan fingerprint density at radius 1 is 1.40 bits per heavy atom. The van der Waals surface area contributed by atoms with Crippen molar-refractivity contribution in [2.75, 3.05) is 13.2 Å². The molecule has 0 unspecified atom stereocenters. The van der Waals surface area contributed by atoms with Gasteiger partial charge >= 0.3 is 5.69 Å². The predicted molar refractivity (Wildman–Crippen MR) is 74.8 cm³/mol. The molecule has 1 aliphatic rings. The number of H-pyrrole nitrogens is 1. The van der Waals surface area contributed by atoms with Gasteiger partial charge in [-0.1, -0.05) is 19.9 Å². The van der Waals surface area contributed by atoms with E-state index in [2.05, 4.69) is 18.8 Å². The summed E-state index contributed by atoms with van der Waals surface area (Å²) >= 11 is 0. The highest BCUT2D eigenvalue weighted by Crippen LogP contribution is 2.19. The predicted octanol–water partition coefficient (Wildman–Crippen LogP) is 0.971. The summed E-state index contributed by atoms with van der Waals surface area (Å²) < 4.78 is 12.6. The highest BCUT2D eigenvalue weighted by Gasteiger charge is 2.22. The number of hydrogen-bond donors (Lipinski definition) is 1. The molecule has 20 heavy (non-hydrogen) atoms. The summed E-state index contributed by atoms with van der Waals surface area (Å²) in [6.45, 7) is 6.95. The molecule has 6 nitrogen and oxygen atoms in total. The molecule has 2 atom stereocenters. The smallest absolute Gasteiger partial charge is 0.330 e. The Kier molecular flexibility index (Phi) is 4.57. The SMILES string of the molecule is Cc1cn([C@H]2C=C[C@@H](COCC(C)C)O2)c(=O)[nH]c1=O. The standard InChI is InChI=1S/C14H20N2O4/c1-9(2)7-19-8-11-4-5-12(20-11)16-6-10(3)13(17)15-14(16)18/h4-6,9,11-12H,7-8H2,1-3H3,(H,15,17,18)/t11-,12+/m0/s1. The summed E-state index contributed by atoms with van der Waals surface area (Å²) in [5.74, 6) is 0.473. The van der Waals surface area contributed by atoms with E-state index >= 15 is 0 Å². The minimum atomic E-state index is -0.495. The van der Waals surface area contributed by atoms with Gasteiger partial charge in [0.05, 0.1) is 6.61 Å². The number of nitrogens with one attached hydrogen (secondary N) is 1. The number of ether oxygens (including phenoxy) is 2. The van der Waals surface area contributed by atoms with Gasteiger partial charge in [0.15, 0.2) is 6.23 Å². The highest BCUT2D eigenvalue weighted by atomic mass is 16.5. The van der Waals surface area contributed by atoms with Gasteiger partial charge in [-0.3, -0.25) is 14.3 Å². The Morgan fingerprint density at radius 3 is 2.85 bits per heavy atom. The summed E-state index contributed by atoms with van der Waals surface area (Å²) in [5.41, 5.74) is -0.370. The maximum atomic E-state index is 11.8. The number of aromatic nitrogens is 2. The van der Waals surface area contributed by atoms with E-state index in [-0.39, 0.29) is 11.7 Å². The van der Waals surface area contributed by atoms with Crippen LogP contribution >= 0.6 is 0 Å². The molecule has 2 rings (SSSR count). The zero-order chi connectivity index (χ0) is 14.7. The van der Waals surface area contributed by atoms with Crippen molar-refractivity contribution in [3.8, 4) is 0 Å². The Bertz CT molecular complexity index is 600. The fourth-order valence-electron chi connectivity index (χ4n) is 1.94. The minimum Gasteiger partial charge on any atom is -0.378 e. The van der Waals surface area contributed by atoms with Crippen LogP contribution in [0.1, 0.15) is 25.6 Å². The van der Waals surface area contributed by atoms with Gasteiger partial charge in [0.2, 0.25) is 0 Å². The number of rotatable bonds is 5. The molecule has 0 aromatic carbocycles. The van der Waals surface area contributed by atoms with Gasteiger partial charge in [-0.2, -0.15) is 0 Å². The minimum absolute atomic E-state index is 0.169. The fraction of sp³-hybridized carbons (Fsp3) is 0.571. The summed E-state index contributed by atoms with van der Waals surface area (Å²) in [5, 5.41) is 0. The van der Waals surface area contributed by atoms with Gasteiger partial charge in [0.1, 0.15) is 6.10 Å². The van der Waals surface area contributed by atoms with Gasteiger partial charge in [-0.05, 0) is 18.9 Å². The van der Waals surface area contributed by atoms with Gasteiger partial charge < -0.3 is 9.47 Å². The molecule has 0 radical (unpaired) electrons. The molecular weight excluding hydrogens is 260 g/mol. The molecule has 0 amide bonds. The molecule has 2 heterocycles. The molecule has 1 aromatic rings. The van der Waals surface area contributed by atoms with Crippen molar-refractivity contribution in [1.29, 1.82) is 0 Å². The first-order valence-electron chi connectivity index (χ1n) is 6.71. The van der Waals surface area contributed by atoms with Crippen LogP contribution in [0, 0.1) is 12.8 Å². The highest BCUT2D eigenvalue weighted by molar-refractivity contribution is 5.06. The molecule has 6 heteroatoms. The number of nitrogens with zero attached hydrogens (tertiary/aromatic N) is 1. The van der Waals surface area contributed by atoms with Gasteiger partial charge in [-0.25, -0.2) is 4.79 Å². The third-order valence-corrected chi connectivity index (χ3v) is 2.96. The Hall–Kier alpha value is -1.66. The first kappa shape index (κ1) is 14.7. The molecule has 1 N–H and O–H groups in total. The first-order valence-corrected chi connectivity index (χ1v) is 6.71. The maximum absolute atomic E-state index is 11.8. The van der Waals surface area contributed by atoms with Gasteiger partial charge in [0.25, 0.3) is 5.56 Å². The normalized spacial score (nSPS) is 21.8. The lowest BCUT2D eigenvalue weighted by Crippen LogP contribution is -2.33. The third-order valence-electron chi connectivity index (χ3n) is 2.96. The van der Waals surface area contributed by atoms with Crippen molar-refractivity contribution in [3.05, 3.63) is 44.8 Å². The van der Waals surface area contributed by atoms with Crippen LogP contribution in [0.4, 0.5) is 0 Å². The lowest BCUT2D eigenvalue weighted by molar-refractivity contribution is -0.0346. The number of aryl methyl sites for hydroxylation is 1. The lowest BCUT2D eigenvalue weighted by atomic mass is 10.2. The van der Waals surface area contributed by atoms with E-state index in [1.165, 1.54) is 10.8 Å². The van der Waals surface area contributed by atoms with Crippen molar-refractivity contribution >= 4 is 0 Å². The largest absolute Gasteiger partial charge is 0.378 e. The molecule has 0 fully saturated rings. The molecule has 1 aliphatic heterocycles. The molecule has 0 saturated heterocycles. The van der Waals surface area contributed by atoms with E-state index in [0.717, 1.165) is 0 Å². The van der Waals surface area contributed by atoms with Crippen molar-refractivity contribution in [2.24, 2.45) is 5.92 Å². The zero-order valence-electron chi connectivity index (χ0n) is 12.0.